The zero-order chi connectivity index (χ0) is 20.4. The molecule has 0 bridgehead atoms. The van der Waals surface area contributed by atoms with Gasteiger partial charge in [0.25, 0.3) is 0 Å². The molecule has 0 saturated carbocycles. The van der Waals surface area contributed by atoms with Gasteiger partial charge in [0.2, 0.25) is 0 Å². The smallest absolute Gasteiger partial charge is 0.128 e. The van der Waals surface area contributed by atoms with Crippen molar-refractivity contribution in [3.8, 4) is 0 Å². The van der Waals surface area contributed by atoms with Gasteiger partial charge in [-0.1, -0.05) is 31.1 Å². The molecule has 5 heteroatoms. The zero-order valence-electron chi connectivity index (χ0n) is 18.5. The van der Waals surface area contributed by atoms with E-state index in [0.717, 1.165) is 58.1 Å². The Balaban J connectivity index is 1.29. The van der Waals surface area contributed by atoms with E-state index in [4.69, 9.17) is 0 Å². The van der Waals surface area contributed by atoms with Crippen LogP contribution in [0.15, 0.2) is 35.5 Å². The molecule has 1 aromatic rings. The van der Waals surface area contributed by atoms with Gasteiger partial charge in [-0.2, -0.15) is 0 Å². The summed E-state index contributed by atoms with van der Waals surface area (Å²) in [6, 6.07) is 6.38. The Bertz CT molecular complexity index is 709. The molecule has 0 radical (unpaired) electrons. The molecule has 2 fully saturated rings. The molecule has 3 aliphatic rings. The van der Waals surface area contributed by atoms with Crippen LogP contribution in [0.4, 0.5) is 5.82 Å². The summed E-state index contributed by atoms with van der Waals surface area (Å²) in [6.45, 7) is 14.0. The van der Waals surface area contributed by atoms with Crippen molar-refractivity contribution >= 4 is 5.82 Å². The van der Waals surface area contributed by atoms with E-state index in [9.17, 15) is 5.11 Å². The quantitative estimate of drug-likeness (QED) is 0.772. The van der Waals surface area contributed by atoms with E-state index in [1.54, 1.807) is 11.1 Å². The summed E-state index contributed by atoms with van der Waals surface area (Å²) in [7, 11) is 0. The van der Waals surface area contributed by atoms with Crippen LogP contribution < -0.4 is 4.90 Å². The third-order valence-electron chi connectivity index (χ3n) is 7.45. The number of aliphatic hydroxyl groups is 1. The number of likely N-dealkylation sites (tertiary alicyclic amines) is 1. The van der Waals surface area contributed by atoms with Crippen molar-refractivity contribution in [1.29, 1.82) is 0 Å². The molecule has 0 aromatic carbocycles. The molecule has 3 heterocycles. The number of nitrogens with zero attached hydrogens (tertiary/aromatic N) is 4. The van der Waals surface area contributed by atoms with Crippen LogP contribution in [0.2, 0.25) is 0 Å². The predicted molar refractivity (Wildman–Crippen MR) is 119 cm³/mol. The van der Waals surface area contributed by atoms with Crippen LogP contribution in [0.5, 0.6) is 0 Å². The van der Waals surface area contributed by atoms with Crippen molar-refractivity contribution in [3.05, 3.63) is 35.5 Å². The number of rotatable bonds is 5. The van der Waals surface area contributed by atoms with Crippen molar-refractivity contribution in [2.45, 2.75) is 58.6 Å². The molecule has 2 aliphatic heterocycles. The van der Waals surface area contributed by atoms with Crippen molar-refractivity contribution < 1.29 is 5.11 Å². The molecule has 1 aliphatic carbocycles. The number of hydrogen-bond acceptors (Lipinski definition) is 5. The zero-order valence-corrected chi connectivity index (χ0v) is 18.5. The standard InChI is InChI=1S/C24H38N4O/c1-19-7-6-10-24(2,3)20(19)9-12-26-17-21(22(29)18-26)27-13-15-28(16-14-27)23-8-4-5-11-25-23/h4-5,8,11,21-22,29H,6-7,9-10,12-18H2,1-3H3/t21-,22-/m0/s1. The minimum Gasteiger partial charge on any atom is -0.390 e. The monoisotopic (exact) mass is 398 g/mol. The fourth-order valence-corrected chi connectivity index (χ4v) is 5.71. The Labute approximate surface area is 176 Å². The van der Waals surface area contributed by atoms with Crippen molar-refractivity contribution in [3.63, 3.8) is 0 Å². The first kappa shape index (κ1) is 20.8. The summed E-state index contributed by atoms with van der Waals surface area (Å²) < 4.78 is 0. The highest BCUT2D eigenvalue weighted by Crippen LogP contribution is 2.41. The molecule has 2 atom stereocenters. The van der Waals surface area contributed by atoms with E-state index in [1.165, 1.54) is 19.3 Å². The molecule has 0 unspecified atom stereocenters. The van der Waals surface area contributed by atoms with Gasteiger partial charge in [0, 0.05) is 58.1 Å². The summed E-state index contributed by atoms with van der Waals surface area (Å²) in [4.78, 5) is 11.8. The number of aromatic nitrogens is 1. The lowest BCUT2D eigenvalue weighted by molar-refractivity contribution is 0.0790. The first-order valence-corrected chi connectivity index (χ1v) is 11.4. The van der Waals surface area contributed by atoms with Crippen molar-refractivity contribution in [2.75, 3.05) is 50.7 Å². The maximum atomic E-state index is 10.8. The van der Waals surface area contributed by atoms with Crippen LogP contribution in [-0.2, 0) is 0 Å². The molecule has 0 amide bonds. The van der Waals surface area contributed by atoms with Gasteiger partial charge in [0.15, 0.2) is 0 Å². The molecule has 160 valence electrons. The van der Waals surface area contributed by atoms with Crippen LogP contribution in [0.25, 0.3) is 0 Å². The van der Waals surface area contributed by atoms with E-state index in [2.05, 4.69) is 52.6 Å². The second-order valence-corrected chi connectivity index (χ2v) is 9.85. The van der Waals surface area contributed by atoms with Gasteiger partial charge >= 0.3 is 0 Å². The number of hydrogen-bond donors (Lipinski definition) is 1. The Hall–Kier alpha value is -1.43. The molecular weight excluding hydrogens is 360 g/mol. The van der Waals surface area contributed by atoms with Gasteiger partial charge in [-0.3, -0.25) is 9.80 Å². The van der Waals surface area contributed by atoms with Gasteiger partial charge in [-0.15, -0.1) is 0 Å². The predicted octanol–water partition coefficient (Wildman–Crippen LogP) is 3.17. The molecule has 29 heavy (non-hydrogen) atoms. The highest BCUT2D eigenvalue weighted by molar-refractivity contribution is 5.38. The number of β-amino-alcohol motifs (C(OH)–C–C–N with tert-alkyl or cyclic N) is 1. The highest BCUT2D eigenvalue weighted by atomic mass is 16.3. The van der Waals surface area contributed by atoms with Crippen LogP contribution >= 0.6 is 0 Å². The number of anilines is 1. The minimum absolute atomic E-state index is 0.231. The second kappa shape index (κ2) is 8.75. The minimum atomic E-state index is -0.231. The number of pyridine rings is 1. The third kappa shape index (κ3) is 4.68. The number of aliphatic hydroxyl groups excluding tert-OH is 1. The SMILES string of the molecule is CC1=C(CCN2C[C@H](O)[C@@H](N3CCN(c4ccccn4)CC3)C2)C(C)(C)CCC1. The first-order valence-electron chi connectivity index (χ1n) is 11.4. The second-order valence-electron chi connectivity index (χ2n) is 9.85. The molecule has 1 aromatic heterocycles. The van der Waals surface area contributed by atoms with Gasteiger partial charge in [0.05, 0.1) is 6.10 Å². The Kier molecular flexibility index (Phi) is 6.28. The Morgan fingerprint density at radius 2 is 1.93 bits per heavy atom. The number of allylic oxidation sites excluding steroid dienone is 1. The molecule has 5 nitrogen and oxygen atoms in total. The van der Waals surface area contributed by atoms with E-state index in [-0.39, 0.29) is 12.1 Å². The maximum Gasteiger partial charge on any atom is 0.128 e. The van der Waals surface area contributed by atoms with Gasteiger partial charge in [-0.05, 0) is 50.2 Å². The fourth-order valence-electron chi connectivity index (χ4n) is 5.71. The van der Waals surface area contributed by atoms with E-state index in [1.807, 2.05) is 12.3 Å². The number of piperazine rings is 1. The summed E-state index contributed by atoms with van der Waals surface area (Å²) in [5, 5.41) is 10.8. The van der Waals surface area contributed by atoms with E-state index < -0.39 is 0 Å². The Morgan fingerprint density at radius 3 is 2.62 bits per heavy atom. The lowest BCUT2D eigenvalue weighted by Crippen LogP contribution is -2.54. The van der Waals surface area contributed by atoms with Crippen LogP contribution in [-0.4, -0.2) is 77.8 Å². The van der Waals surface area contributed by atoms with Crippen molar-refractivity contribution in [2.24, 2.45) is 5.41 Å². The third-order valence-corrected chi connectivity index (χ3v) is 7.45. The van der Waals surface area contributed by atoms with Crippen LogP contribution in [0.1, 0.15) is 46.5 Å². The average Bonchev–Trinajstić information content (AvgIpc) is 3.08. The summed E-state index contributed by atoms with van der Waals surface area (Å²) in [5.74, 6) is 1.07. The topological polar surface area (TPSA) is 42.8 Å². The van der Waals surface area contributed by atoms with Crippen LogP contribution in [0, 0.1) is 5.41 Å². The van der Waals surface area contributed by atoms with Gasteiger partial charge in [0.1, 0.15) is 5.82 Å². The lowest BCUT2D eigenvalue weighted by atomic mass is 9.71. The largest absolute Gasteiger partial charge is 0.390 e. The molecular formula is C24H38N4O. The van der Waals surface area contributed by atoms with Gasteiger partial charge in [-0.25, -0.2) is 4.98 Å². The highest BCUT2D eigenvalue weighted by Gasteiger charge is 2.37. The molecule has 2 saturated heterocycles. The normalized spacial score (nSPS) is 28.9. The lowest BCUT2D eigenvalue weighted by Gasteiger charge is -2.39. The fraction of sp³-hybridized carbons (Fsp3) is 0.708. The van der Waals surface area contributed by atoms with E-state index in [0.29, 0.717) is 5.41 Å². The molecule has 4 rings (SSSR count). The van der Waals surface area contributed by atoms with E-state index >= 15 is 0 Å². The molecule has 0 spiro atoms. The van der Waals surface area contributed by atoms with Crippen molar-refractivity contribution in [1.82, 2.24) is 14.8 Å². The average molecular weight is 399 g/mol. The van der Waals surface area contributed by atoms with Gasteiger partial charge < -0.3 is 10.0 Å². The summed E-state index contributed by atoms with van der Waals surface area (Å²) in [6.07, 6.45) is 6.70. The Morgan fingerprint density at radius 1 is 1.14 bits per heavy atom. The molecule has 1 N–H and O–H groups in total. The maximum absolute atomic E-state index is 10.8. The summed E-state index contributed by atoms with van der Waals surface area (Å²) in [5.41, 5.74) is 3.64. The summed E-state index contributed by atoms with van der Waals surface area (Å²) >= 11 is 0. The first-order chi connectivity index (χ1) is 13.9. The van der Waals surface area contributed by atoms with Crippen LogP contribution in [0.3, 0.4) is 0 Å².